The van der Waals surface area contributed by atoms with E-state index >= 15 is 0 Å². The van der Waals surface area contributed by atoms with Crippen LogP contribution in [0.25, 0.3) is 10.9 Å². The van der Waals surface area contributed by atoms with E-state index in [1.807, 2.05) is 12.1 Å². The van der Waals surface area contributed by atoms with Gasteiger partial charge >= 0.3 is 0 Å². The minimum Gasteiger partial charge on any atom is -0.369 e. The molecule has 3 aromatic rings. The van der Waals surface area contributed by atoms with Crippen molar-refractivity contribution in [1.82, 2.24) is 20.1 Å². The molecule has 0 aliphatic carbocycles. The largest absolute Gasteiger partial charge is 0.369 e. The second-order valence-corrected chi connectivity index (χ2v) is 10.7. The second-order valence-electron chi connectivity index (χ2n) is 10.7. The van der Waals surface area contributed by atoms with Crippen LogP contribution in [0.1, 0.15) is 18.1 Å². The van der Waals surface area contributed by atoms with Crippen LogP contribution < -0.4 is 15.1 Å². The summed E-state index contributed by atoms with van der Waals surface area (Å²) >= 11 is 0. The SMILES string of the molecule is CC1CN(c2ccc(C#N)c3ncccc23)CC2CN(CCc3ccc(N4CCNCC4)cc3)CCN12. The molecule has 3 saturated heterocycles. The summed E-state index contributed by atoms with van der Waals surface area (Å²) in [6, 6.07) is 20.7. The summed E-state index contributed by atoms with van der Waals surface area (Å²) in [6.45, 7) is 13.2. The molecule has 2 atom stereocenters. The lowest BCUT2D eigenvalue weighted by Crippen LogP contribution is -2.65. The van der Waals surface area contributed by atoms with E-state index in [-0.39, 0.29) is 0 Å². The first kappa shape index (κ1) is 24.2. The third-order valence-electron chi connectivity index (χ3n) is 8.44. The van der Waals surface area contributed by atoms with Crippen molar-refractivity contribution in [1.29, 1.82) is 5.26 Å². The zero-order valence-electron chi connectivity index (χ0n) is 21.8. The fourth-order valence-electron chi connectivity index (χ4n) is 6.44. The number of hydrogen-bond acceptors (Lipinski definition) is 7. The van der Waals surface area contributed by atoms with Crippen LogP contribution >= 0.6 is 0 Å². The molecule has 0 saturated carbocycles. The minimum absolute atomic E-state index is 0.501. The average Bonchev–Trinajstić information content (AvgIpc) is 2.96. The van der Waals surface area contributed by atoms with E-state index in [0.29, 0.717) is 17.6 Å². The Kier molecular flexibility index (Phi) is 6.97. The van der Waals surface area contributed by atoms with E-state index in [9.17, 15) is 5.26 Å². The van der Waals surface area contributed by atoms with Crippen LogP contribution in [0.4, 0.5) is 11.4 Å². The van der Waals surface area contributed by atoms with Crippen molar-refractivity contribution in [3.05, 3.63) is 65.9 Å². The highest BCUT2D eigenvalue weighted by Crippen LogP contribution is 2.32. The van der Waals surface area contributed by atoms with Crippen LogP contribution in [-0.2, 0) is 6.42 Å². The van der Waals surface area contributed by atoms with E-state index < -0.39 is 0 Å². The molecule has 6 rings (SSSR count). The van der Waals surface area contributed by atoms with Gasteiger partial charge in [-0.1, -0.05) is 12.1 Å². The van der Waals surface area contributed by atoms with E-state index in [1.54, 1.807) is 6.20 Å². The first-order valence-electron chi connectivity index (χ1n) is 13.7. The average molecular weight is 496 g/mol. The lowest BCUT2D eigenvalue weighted by atomic mass is 10.0. The fourth-order valence-corrected chi connectivity index (χ4v) is 6.44. The highest BCUT2D eigenvalue weighted by molar-refractivity contribution is 5.95. The third-order valence-corrected chi connectivity index (χ3v) is 8.44. The summed E-state index contributed by atoms with van der Waals surface area (Å²) in [5, 5.41) is 14.1. The fraction of sp³-hybridized carbons (Fsp3) is 0.467. The van der Waals surface area contributed by atoms with Crippen molar-refractivity contribution in [3.8, 4) is 6.07 Å². The van der Waals surface area contributed by atoms with Crippen LogP contribution in [0, 0.1) is 11.3 Å². The number of anilines is 2. The van der Waals surface area contributed by atoms with Crippen LogP contribution in [0.3, 0.4) is 0 Å². The highest BCUT2D eigenvalue weighted by Gasteiger charge is 2.36. The Morgan fingerprint density at radius 1 is 0.946 bits per heavy atom. The summed E-state index contributed by atoms with van der Waals surface area (Å²) in [5.74, 6) is 0. The van der Waals surface area contributed by atoms with Crippen molar-refractivity contribution >= 4 is 22.3 Å². The van der Waals surface area contributed by atoms with Gasteiger partial charge in [0.1, 0.15) is 6.07 Å². The maximum atomic E-state index is 9.55. The van der Waals surface area contributed by atoms with Gasteiger partial charge in [-0.25, -0.2) is 0 Å². The monoisotopic (exact) mass is 495 g/mol. The van der Waals surface area contributed by atoms with Gasteiger partial charge in [0.15, 0.2) is 0 Å². The predicted molar refractivity (Wildman–Crippen MR) is 150 cm³/mol. The summed E-state index contributed by atoms with van der Waals surface area (Å²) in [5.41, 5.74) is 5.44. The quantitative estimate of drug-likeness (QED) is 0.584. The standard InChI is InChI=1S/C30H37N7/c1-23-20-36(29-9-6-25(19-31)30-28(29)3-2-11-33-30)22-27-21-34(17-18-37(23)27)14-10-24-4-7-26(8-5-24)35-15-12-32-13-16-35/h2-9,11,23,27,32H,10,12-18,20-22H2,1H3. The zero-order chi connectivity index (χ0) is 25.2. The van der Waals surface area contributed by atoms with E-state index in [1.165, 1.54) is 16.9 Å². The van der Waals surface area contributed by atoms with Gasteiger partial charge in [0.2, 0.25) is 0 Å². The Morgan fingerprint density at radius 3 is 2.59 bits per heavy atom. The number of benzene rings is 2. The molecule has 7 nitrogen and oxygen atoms in total. The van der Waals surface area contributed by atoms with Gasteiger partial charge in [-0.05, 0) is 55.3 Å². The molecule has 3 fully saturated rings. The van der Waals surface area contributed by atoms with Crippen molar-refractivity contribution in [2.45, 2.75) is 25.4 Å². The molecule has 1 N–H and O–H groups in total. The number of pyridine rings is 1. The molecular formula is C30H37N7. The van der Waals surface area contributed by atoms with Gasteiger partial charge in [0.05, 0.1) is 11.1 Å². The molecule has 2 aromatic carbocycles. The van der Waals surface area contributed by atoms with Crippen LogP contribution in [-0.4, -0.2) is 92.3 Å². The Labute approximate surface area is 220 Å². The predicted octanol–water partition coefficient (Wildman–Crippen LogP) is 2.95. The second kappa shape index (κ2) is 10.7. The van der Waals surface area contributed by atoms with Crippen LogP contribution in [0.5, 0.6) is 0 Å². The number of aromatic nitrogens is 1. The molecule has 2 unspecified atom stereocenters. The van der Waals surface area contributed by atoms with Gasteiger partial charge in [-0.3, -0.25) is 9.88 Å². The summed E-state index contributed by atoms with van der Waals surface area (Å²) in [6.07, 6.45) is 2.88. The Morgan fingerprint density at radius 2 is 1.78 bits per heavy atom. The number of nitrogens with one attached hydrogen (secondary N) is 1. The first-order valence-corrected chi connectivity index (χ1v) is 13.7. The molecule has 0 amide bonds. The summed E-state index contributed by atoms with van der Waals surface area (Å²) in [7, 11) is 0. The molecule has 0 spiro atoms. The maximum Gasteiger partial charge on any atom is 0.101 e. The van der Waals surface area contributed by atoms with Crippen LogP contribution in [0.15, 0.2) is 54.7 Å². The smallest absolute Gasteiger partial charge is 0.101 e. The molecule has 7 heteroatoms. The topological polar surface area (TPSA) is 61.7 Å². The van der Waals surface area contributed by atoms with E-state index in [2.05, 4.69) is 79.3 Å². The lowest BCUT2D eigenvalue weighted by molar-refractivity contribution is 0.0356. The summed E-state index contributed by atoms with van der Waals surface area (Å²) < 4.78 is 0. The number of fused-ring (bicyclic) bond motifs is 2. The third kappa shape index (κ3) is 5.02. The van der Waals surface area contributed by atoms with Gasteiger partial charge in [0, 0.05) is 100 Å². The van der Waals surface area contributed by atoms with Gasteiger partial charge < -0.3 is 20.0 Å². The number of nitriles is 1. The van der Waals surface area contributed by atoms with Gasteiger partial charge in [-0.15, -0.1) is 0 Å². The number of piperazine rings is 3. The molecular weight excluding hydrogens is 458 g/mol. The van der Waals surface area contributed by atoms with E-state index in [0.717, 1.165) is 82.8 Å². The van der Waals surface area contributed by atoms with E-state index in [4.69, 9.17) is 0 Å². The van der Waals surface area contributed by atoms with Crippen molar-refractivity contribution < 1.29 is 0 Å². The molecule has 0 bridgehead atoms. The van der Waals surface area contributed by atoms with Crippen molar-refractivity contribution in [2.24, 2.45) is 0 Å². The molecule has 3 aliphatic heterocycles. The highest BCUT2D eigenvalue weighted by atomic mass is 15.4. The normalized spacial score (nSPS) is 23.1. The molecule has 4 heterocycles. The number of hydrogen-bond donors (Lipinski definition) is 1. The number of nitrogens with zero attached hydrogens (tertiary/aromatic N) is 6. The first-order chi connectivity index (χ1) is 18.2. The van der Waals surface area contributed by atoms with Gasteiger partial charge in [-0.2, -0.15) is 5.26 Å². The molecule has 3 aliphatic rings. The maximum absolute atomic E-state index is 9.55. The molecule has 1 aromatic heterocycles. The molecule has 37 heavy (non-hydrogen) atoms. The summed E-state index contributed by atoms with van der Waals surface area (Å²) in [4.78, 5) is 14.9. The Bertz CT molecular complexity index is 1260. The zero-order valence-corrected chi connectivity index (χ0v) is 21.8. The minimum atomic E-state index is 0.501. The van der Waals surface area contributed by atoms with Gasteiger partial charge in [0.25, 0.3) is 0 Å². The molecule has 192 valence electrons. The van der Waals surface area contributed by atoms with Crippen molar-refractivity contribution in [2.75, 3.05) is 75.2 Å². The van der Waals surface area contributed by atoms with Crippen molar-refractivity contribution in [3.63, 3.8) is 0 Å². The number of rotatable bonds is 5. The Balaban J connectivity index is 1.11. The van der Waals surface area contributed by atoms with Crippen LogP contribution in [0.2, 0.25) is 0 Å². The Hall–Kier alpha value is -3.18. The lowest BCUT2D eigenvalue weighted by Gasteiger charge is -2.51. The molecule has 0 radical (unpaired) electrons.